The fraction of sp³-hybridized carbons (Fsp3) is 0.286. The molecule has 3 aromatic heterocycles. The molecule has 8 nitrogen and oxygen atoms in total. The van der Waals surface area contributed by atoms with Gasteiger partial charge in [-0.05, 0) is 50.1 Å². The van der Waals surface area contributed by atoms with Crippen LogP contribution in [0.25, 0.3) is 21.6 Å². The number of rotatable bonds is 8. The van der Waals surface area contributed by atoms with Gasteiger partial charge in [0.05, 0.1) is 22.6 Å². The highest BCUT2D eigenvalue weighted by Crippen LogP contribution is 2.41. The quantitative estimate of drug-likeness (QED) is 0.396. The van der Waals surface area contributed by atoms with E-state index in [1.807, 2.05) is 37.3 Å². The molecule has 5 rings (SSSR count). The Balaban J connectivity index is 1.27. The van der Waals surface area contributed by atoms with E-state index in [0.717, 1.165) is 45.4 Å². The molecule has 1 aliphatic rings. The molecular formula is C21H20N6O2S2. The molecule has 0 aliphatic heterocycles. The first-order valence-corrected chi connectivity index (χ1v) is 11.8. The zero-order chi connectivity index (χ0) is 21.2. The topological polar surface area (TPSA) is 94.8 Å². The van der Waals surface area contributed by atoms with Crippen LogP contribution >= 0.6 is 23.1 Å². The minimum atomic E-state index is -0.120. The summed E-state index contributed by atoms with van der Waals surface area (Å²) >= 11 is 2.83. The van der Waals surface area contributed by atoms with Crippen LogP contribution in [0.15, 0.2) is 47.9 Å². The van der Waals surface area contributed by atoms with E-state index < -0.39 is 0 Å². The molecule has 3 heterocycles. The molecule has 158 valence electrons. The summed E-state index contributed by atoms with van der Waals surface area (Å²) in [7, 11) is 0. The van der Waals surface area contributed by atoms with Crippen molar-refractivity contribution in [3.05, 3.63) is 42.7 Å². The van der Waals surface area contributed by atoms with Crippen LogP contribution in [0.4, 0.5) is 5.13 Å². The summed E-state index contributed by atoms with van der Waals surface area (Å²) in [5, 5.41) is 13.0. The van der Waals surface area contributed by atoms with Crippen molar-refractivity contribution in [1.82, 2.24) is 24.7 Å². The van der Waals surface area contributed by atoms with E-state index in [1.165, 1.54) is 23.1 Å². The zero-order valence-corrected chi connectivity index (χ0v) is 18.4. The van der Waals surface area contributed by atoms with Crippen LogP contribution in [0.5, 0.6) is 5.75 Å². The number of anilines is 1. The number of hydrogen-bond donors (Lipinski definition) is 1. The second-order valence-electron chi connectivity index (χ2n) is 7.06. The van der Waals surface area contributed by atoms with Crippen molar-refractivity contribution in [3.63, 3.8) is 0 Å². The Hall–Kier alpha value is -2.98. The summed E-state index contributed by atoms with van der Waals surface area (Å²) in [5.74, 6) is 1.74. The monoisotopic (exact) mass is 452 g/mol. The summed E-state index contributed by atoms with van der Waals surface area (Å²) in [6.07, 6.45) is 5.70. The third-order valence-corrected chi connectivity index (χ3v) is 6.64. The molecule has 0 bridgehead atoms. The van der Waals surface area contributed by atoms with E-state index in [4.69, 9.17) is 4.74 Å². The number of hydrogen-bond acceptors (Lipinski definition) is 8. The number of thiazole rings is 1. The van der Waals surface area contributed by atoms with Crippen LogP contribution in [-0.4, -0.2) is 43.0 Å². The molecule has 0 unspecified atom stereocenters. The first-order valence-electron chi connectivity index (χ1n) is 10.0. The highest BCUT2D eigenvalue weighted by Gasteiger charge is 2.30. The fourth-order valence-electron chi connectivity index (χ4n) is 3.24. The maximum absolute atomic E-state index is 12.5. The molecular weight excluding hydrogens is 432 g/mol. The van der Waals surface area contributed by atoms with Crippen LogP contribution in [0.1, 0.15) is 25.8 Å². The van der Waals surface area contributed by atoms with Gasteiger partial charge in [0, 0.05) is 24.0 Å². The molecule has 0 spiro atoms. The van der Waals surface area contributed by atoms with Gasteiger partial charge in [0.25, 0.3) is 0 Å². The molecule has 0 radical (unpaired) electrons. The molecule has 1 N–H and O–H groups in total. The Kier molecular flexibility index (Phi) is 5.56. The molecule has 0 saturated heterocycles. The van der Waals surface area contributed by atoms with E-state index in [1.54, 1.807) is 12.4 Å². The average Bonchev–Trinajstić information content (AvgIpc) is 3.40. The highest BCUT2D eigenvalue weighted by molar-refractivity contribution is 7.99. The highest BCUT2D eigenvalue weighted by atomic mass is 32.2. The lowest BCUT2D eigenvalue weighted by atomic mass is 10.2. The van der Waals surface area contributed by atoms with Gasteiger partial charge in [-0.1, -0.05) is 23.1 Å². The Morgan fingerprint density at radius 1 is 1.26 bits per heavy atom. The van der Waals surface area contributed by atoms with Gasteiger partial charge < -0.3 is 10.1 Å². The molecule has 10 heteroatoms. The molecule has 1 aromatic carbocycles. The van der Waals surface area contributed by atoms with Gasteiger partial charge in [-0.2, -0.15) is 0 Å². The summed E-state index contributed by atoms with van der Waals surface area (Å²) in [6, 6.07) is 9.98. The predicted octanol–water partition coefficient (Wildman–Crippen LogP) is 4.41. The third kappa shape index (κ3) is 4.40. The molecule has 1 aliphatic carbocycles. The Labute approximate surface area is 187 Å². The number of pyridine rings is 1. The second kappa shape index (κ2) is 8.64. The van der Waals surface area contributed by atoms with Crippen LogP contribution in [0.2, 0.25) is 0 Å². The normalized spacial score (nSPS) is 13.5. The van der Waals surface area contributed by atoms with Crippen molar-refractivity contribution in [2.24, 2.45) is 0 Å². The Bertz CT molecular complexity index is 1220. The fourth-order valence-corrected chi connectivity index (χ4v) is 4.95. The number of aromatic nitrogens is 5. The minimum absolute atomic E-state index is 0.120. The van der Waals surface area contributed by atoms with Gasteiger partial charge in [-0.25, -0.2) is 4.98 Å². The maximum atomic E-state index is 12.5. The number of benzene rings is 1. The van der Waals surface area contributed by atoms with Crippen LogP contribution in [0.3, 0.4) is 0 Å². The lowest BCUT2D eigenvalue weighted by molar-refractivity contribution is -0.113. The van der Waals surface area contributed by atoms with Crippen molar-refractivity contribution in [1.29, 1.82) is 0 Å². The van der Waals surface area contributed by atoms with E-state index in [0.29, 0.717) is 17.8 Å². The number of thioether (sulfide) groups is 1. The van der Waals surface area contributed by atoms with Crippen LogP contribution in [-0.2, 0) is 4.79 Å². The summed E-state index contributed by atoms with van der Waals surface area (Å²) in [5.41, 5.74) is 1.82. The van der Waals surface area contributed by atoms with Crippen molar-refractivity contribution in [2.75, 3.05) is 17.7 Å². The van der Waals surface area contributed by atoms with E-state index >= 15 is 0 Å². The number of fused-ring (bicyclic) bond motifs is 1. The predicted molar refractivity (Wildman–Crippen MR) is 122 cm³/mol. The Morgan fingerprint density at radius 3 is 2.87 bits per heavy atom. The SMILES string of the molecule is CCOc1ccc2nc(NC(=O)CSc3nnc(-c4ccncc4)n3C3CC3)sc2c1. The lowest BCUT2D eigenvalue weighted by Gasteiger charge is -2.08. The van der Waals surface area contributed by atoms with E-state index in [-0.39, 0.29) is 11.7 Å². The third-order valence-electron chi connectivity index (χ3n) is 4.76. The van der Waals surface area contributed by atoms with Crippen LogP contribution in [0, 0.1) is 0 Å². The average molecular weight is 453 g/mol. The first-order chi connectivity index (χ1) is 15.2. The number of carbonyl (C=O) groups excluding carboxylic acids is 1. The summed E-state index contributed by atoms with van der Waals surface area (Å²) in [4.78, 5) is 21.1. The number of carbonyl (C=O) groups is 1. The Morgan fingerprint density at radius 2 is 2.10 bits per heavy atom. The second-order valence-corrected chi connectivity index (χ2v) is 9.03. The van der Waals surface area contributed by atoms with Crippen molar-refractivity contribution < 1.29 is 9.53 Å². The van der Waals surface area contributed by atoms with Crippen molar-refractivity contribution in [2.45, 2.75) is 31.0 Å². The van der Waals surface area contributed by atoms with Crippen molar-refractivity contribution in [3.8, 4) is 17.1 Å². The smallest absolute Gasteiger partial charge is 0.236 e. The van der Waals surface area contributed by atoms with E-state index in [9.17, 15) is 4.79 Å². The van der Waals surface area contributed by atoms with Crippen molar-refractivity contribution >= 4 is 44.4 Å². The van der Waals surface area contributed by atoms with E-state index in [2.05, 4.69) is 30.0 Å². The molecule has 1 fully saturated rings. The lowest BCUT2D eigenvalue weighted by Crippen LogP contribution is -2.14. The molecule has 1 amide bonds. The number of ether oxygens (including phenoxy) is 1. The van der Waals surface area contributed by atoms with Gasteiger partial charge in [0.2, 0.25) is 5.91 Å². The molecule has 0 atom stereocenters. The first kappa shape index (κ1) is 20.0. The molecule has 31 heavy (non-hydrogen) atoms. The summed E-state index contributed by atoms with van der Waals surface area (Å²) < 4.78 is 8.65. The van der Waals surface area contributed by atoms with Gasteiger partial charge >= 0.3 is 0 Å². The number of nitrogens with one attached hydrogen (secondary N) is 1. The zero-order valence-electron chi connectivity index (χ0n) is 16.8. The van der Waals surface area contributed by atoms with Gasteiger partial charge in [-0.15, -0.1) is 10.2 Å². The number of nitrogens with zero attached hydrogens (tertiary/aromatic N) is 5. The van der Waals surface area contributed by atoms with Crippen LogP contribution < -0.4 is 10.1 Å². The van der Waals surface area contributed by atoms with Gasteiger partial charge in [-0.3, -0.25) is 14.3 Å². The maximum Gasteiger partial charge on any atom is 0.236 e. The number of amides is 1. The summed E-state index contributed by atoms with van der Waals surface area (Å²) in [6.45, 7) is 2.56. The largest absolute Gasteiger partial charge is 0.494 e. The molecule has 4 aromatic rings. The standard InChI is InChI=1S/C21H20N6O2S2/c1-2-29-15-5-6-16-17(11-15)31-20(23-16)24-18(28)12-30-21-26-25-19(27(21)14-3-4-14)13-7-9-22-10-8-13/h5-11,14H,2-4,12H2,1H3,(H,23,24,28). The minimum Gasteiger partial charge on any atom is -0.494 e. The molecule has 1 saturated carbocycles. The van der Waals surface area contributed by atoms with Gasteiger partial charge in [0.1, 0.15) is 5.75 Å². The van der Waals surface area contributed by atoms with Gasteiger partial charge in [0.15, 0.2) is 16.1 Å².